The van der Waals surface area contributed by atoms with E-state index in [4.69, 9.17) is 4.74 Å². The molecule has 1 aromatic rings. The summed E-state index contributed by atoms with van der Waals surface area (Å²) in [7, 11) is 0. The Bertz CT molecular complexity index is 394. The monoisotopic (exact) mass is 278 g/mol. The Morgan fingerprint density at radius 3 is 2.70 bits per heavy atom. The highest BCUT2D eigenvalue weighted by Gasteiger charge is 2.29. The molecule has 0 atom stereocenters. The van der Waals surface area contributed by atoms with Crippen LogP contribution in [0.15, 0.2) is 6.07 Å². The number of nitrogens with zero attached hydrogens (tertiary/aromatic N) is 3. The molecule has 0 amide bonds. The summed E-state index contributed by atoms with van der Waals surface area (Å²) >= 11 is 0. The topological polar surface area (TPSA) is 50.3 Å². The molecule has 1 N–H and O–H groups in total. The van der Waals surface area contributed by atoms with Crippen molar-refractivity contribution in [3.63, 3.8) is 0 Å². The second kappa shape index (κ2) is 7.43. The minimum atomic E-state index is 0.480. The van der Waals surface area contributed by atoms with Gasteiger partial charge in [0.25, 0.3) is 0 Å². The molecular formula is C15H26N4O. The van der Waals surface area contributed by atoms with Crippen LogP contribution in [0.2, 0.25) is 0 Å². The number of rotatable bonds is 9. The van der Waals surface area contributed by atoms with E-state index in [9.17, 15) is 0 Å². The SMILES string of the molecule is CCCNc1cc(N(CC)C2CC2)nc(COCC)n1. The summed E-state index contributed by atoms with van der Waals surface area (Å²) < 4.78 is 5.45. The smallest absolute Gasteiger partial charge is 0.158 e. The molecule has 20 heavy (non-hydrogen) atoms. The van der Waals surface area contributed by atoms with E-state index >= 15 is 0 Å². The van der Waals surface area contributed by atoms with Crippen LogP contribution < -0.4 is 10.2 Å². The molecule has 112 valence electrons. The molecule has 1 heterocycles. The quantitative estimate of drug-likeness (QED) is 0.752. The van der Waals surface area contributed by atoms with Gasteiger partial charge in [-0.05, 0) is 33.1 Å². The highest BCUT2D eigenvalue weighted by molar-refractivity contribution is 5.50. The van der Waals surface area contributed by atoms with Gasteiger partial charge >= 0.3 is 0 Å². The van der Waals surface area contributed by atoms with E-state index in [0.29, 0.717) is 19.3 Å². The van der Waals surface area contributed by atoms with E-state index in [1.165, 1.54) is 12.8 Å². The van der Waals surface area contributed by atoms with Crippen molar-refractivity contribution in [2.45, 2.75) is 52.7 Å². The van der Waals surface area contributed by atoms with Gasteiger partial charge in [-0.1, -0.05) is 6.92 Å². The largest absolute Gasteiger partial charge is 0.374 e. The zero-order valence-corrected chi connectivity index (χ0v) is 12.9. The maximum atomic E-state index is 5.45. The van der Waals surface area contributed by atoms with E-state index < -0.39 is 0 Å². The second-order valence-corrected chi connectivity index (χ2v) is 5.11. The first kappa shape index (κ1) is 15.0. The van der Waals surface area contributed by atoms with Crippen LogP contribution in [0, 0.1) is 0 Å². The summed E-state index contributed by atoms with van der Waals surface area (Å²) in [5.41, 5.74) is 0. The van der Waals surface area contributed by atoms with Crippen molar-refractivity contribution in [1.82, 2.24) is 9.97 Å². The normalized spacial score (nSPS) is 14.3. The van der Waals surface area contributed by atoms with Gasteiger partial charge in [0.1, 0.15) is 18.2 Å². The lowest BCUT2D eigenvalue weighted by Crippen LogP contribution is -2.27. The van der Waals surface area contributed by atoms with Crippen LogP contribution in [0.5, 0.6) is 0 Å². The number of anilines is 2. The highest BCUT2D eigenvalue weighted by Crippen LogP contribution is 2.31. The molecule has 2 rings (SSSR count). The van der Waals surface area contributed by atoms with Crippen LogP contribution in [0.4, 0.5) is 11.6 Å². The van der Waals surface area contributed by atoms with E-state index in [2.05, 4.69) is 40.1 Å². The Hall–Kier alpha value is -1.36. The van der Waals surface area contributed by atoms with Gasteiger partial charge in [0.05, 0.1) is 0 Å². The lowest BCUT2D eigenvalue weighted by atomic mass is 10.4. The molecule has 1 aliphatic rings. The summed E-state index contributed by atoms with van der Waals surface area (Å²) in [5, 5.41) is 3.36. The Kier molecular flexibility index (Phi) is 5.59. The Morgan fingerprint density at radius 1 is 1.30 bits per heavy atom. The predicted molar refractivity (Wildman–Crippen MR) is 82.2 cm³/mol. The molecule has 0 spiro atoms. The zero-order valence-electron chi connectivity index (χ0n) is 12.9. The van der Waals surface area contributed by atoms with Crippen molar-refractivity contribution >= 4 is 11.6 Å². The predicted octanol–water partition coefficient (Wildman–Crippen LogP) is 2.82. The van der Waals surface area contributed by atoms with E-state index in [1.54, 1.807) is 0 Å². The molecule has 1 aromatic heterocycles. The summed E-state index contributed by atoms with van der Waals surface area (Å²) in [6, 6.07) is 2.72. The first-order valence-corrected chi connectivity index (χ1v) is 7.74. The Labute approximate surface area is 121 Å². The van der Waals surface area contributed by atoms with Gasteiger partial charge in [-0.25, -0.2) is 9.97 Å². The van der Waals surface area contributed by atoms with Gasteiger partial charge in [0.2, 0.25) is 0 Å². The number of hydrogen-bond donors (Lipinski definition) is 1. The molecule has 0 unspecified atom stereocenters. The third-order valence-electron chi connectivity index (χ3n) is 3.37. The average molecular weight is 278 g/mol. The lowest BCUT2D eigenvalue weighted by molar-refractivity contribution is 0.128. The first-order chi connectivity index (χ1) is 9.78. The average Bonchev–Trinajstić information content (AvgIpc) is 3.28. The molecule has 0 bridgehead atoms. The van der Waals surface area contributed by atoms with Gasteiger partial charge in [-0.3, -0.25) is 0 Å². The molecular weight excluding hydrogens is 252 g/mol. The molecule has 5 heteroatoms. The maximum absolute atomic E-state index is 5.45. The van der Waals surface area contributed by atoms with Crippen molar-refractivity contribution in [2.75, 3.05) is 29.9 Å². The van der Waals surface area contributed by atoms with Gasteiger partial charge in [0, 0.05) is 31.8 Å². The van der Waals surface area contributed by atoms with Crippen LogP contribution in [0.3, 0.4) is 0 Å². The zero-order chi connectivity index (χ0) is 14.4. The van der Waals surface area contributed by atoms with Crippen LogP contribution in [0.25, 0.3) is 0 Å². The molecule has 5 nitrogen and oxygen atoms in total. The van der Waals surface area contributed by atoms with E-state index in [0.717, 1.165) is 37.0 Å². The standard InChI is InChI=1S/C15H26N4O/c1-4-9-16-13-10-15(19(5-2)12-7-8-12)18-14(17-13)11-20-6-3/h10,12H,4-9,11H2,1-3H3,(H,16,17,18). The third kappa shape index (κ3) is 4.07. The van der Waals surface area contributed by atoms with Crippen molar-refractivity contribution in [3.8, 4) is 0 Å². The first-order valence-electron chi connectivity index (χ1n) is 7.74. The molecule has 1 fully saturated rings. The summed E-state index contributed by atoms with van der Waals surface area (Å²) in [4.78, 5) is 11.6. The number of nitrogens with one attached hydrogen (secondary N) is 1. The maximum Gasteiger partial charge on any atom is 0.158 e. The van der Waals surface area contributed by atoms with Crippen LogP contribution in [-0.4, -0.2) is 35.7 Å². The summed E-state index contributed by atoms with van der Waals surface area (Å²) in [5.74, 6) is 2.70. The Morgan fingerprint density at radius 2 is 2.10 bits per heavy atom. The molecule has 1 saturated carbocycles. The van der Waals surface area contributed by atoms with Gasteiger partial charge in [-0.15, -0.1) is 0 Å². The van der Waals surface area contributed by atoms with E-state index in [1.807, 2.05) is 6.92 Å². The van der Waals surface area contributed by atoms with Crippen LogP contribution in [0.1, 0.15) is 45.9 Å². The fourth-order valence-electron chi connectivity index (χ4n) is 2.23. The lowest BCUT2D eigenvalue weighted by Gasteiger charge is -2.22. The van der Waals surface area contributed by atoms with Crippen molar-refractivity contribution in [2.24, 2.45) is 0 Å². The third-order valence-corrected chi connectivity index (χ3v) is 3.37. The van der Waals surface area contributed by atoms with Crippen molar-refractivity contribution in [3.05, 3.63) is 11.9 Å². The van der Waals surface area contributed by atoms with Crippen LogP contribution >= 0.6 is 0 Å². The van der Waals surface area contributed by atoms with Crippen LogP contribution in [-0.2, 0) is 11.3 Å². The van der Waals surface area contributed by atoms with Crippen molar-refractivity contribution < 1.29 is 4.74 Å². The molecule has 0 aromatic carbocycles. The van der Waals surface area contributed by atoms with Gasteiger partial charge < -0.3 is 15.0 Å². The number of hydrogen-bond acceptors (Lipinski definition) is 5. The number of aromatic nitrogens is 2. The molecule has 1 aliphatic carbocycles. The van der Waals surface area contributed by atoms with Gasteiger partial charge in [0.15, 0.2) is 5.82 Å². The van der Waals surface area contributed by atoms with Gasteiger partial charge in [-0.2, -0.15) is 0 Å². The molecule has 0 aliphatic heterocycles. The minimum absolute atomic E-state index is 0.480. The highest BCUT2D eigenvalue weighted by atomic mass is 16.5. The fraction of sp³-hybridized carbons (Fsp3) is 0.733. The van der Waals surface area contributed by atoms with Crippen molar-refractivity contribution in [1.29, 1.82) is 0 Å². The van der Waals surface area contributed by atoms with E-state index in [-0.39, 0.29) is 0 Å². The second-order valence-electron chi connectivity index (χ2n) is 5.11. The fourth-order valence-corrected chi connectivity index (χ4v) is 2.23. The number of ether oxygens (including phenoxy) is 1. The Balaban J connectivity index is 2.18. The molecule has 0 radical (unpaired) electrons. The molecule has 0 saturated heterocycles. The summed E-state index contributed by atoms with van der Waals surface area (Å²) in [6.45, 7) is 9.41. The minimum Gasteiger partial charge on any atom is -0.374 e. The summed E-state index contributed by atoms with van der Waals surface area (Å²) in [6.07, 6.45) is 3.63.